The standard InChI is InChI=1S/C16H24ClN/c1-12-7-13(2)9-14(8-12)10-18-11-15-5-3-4-6-16(15)17/h7-9,15-16,18H,3-6,10-11H2,1-2H3. The quantitative estimate of drug-likeness (QED) is 0.805. The van der Waals surface area contributed by atoms with E-state index >= 15 is 0 Å². The van der Waals surface area contributed by atoms with Crippen molar-refractivity contribution in [2.75, 3.05) is 6.54 Å². The Balaban J connectivity index is 1.80. The lowest BCUT2D eigenvalue weighted by Crippen LogP contribution is -2.30. The smallest absolute Gasteiger partial charge is 0.0376 e. The maximum atomic E-state index is 6.37. The number of halogens is 1. The maximum Gasteiger partial charge on any atom is 0.0376 e. The lowest BCUT2D eigenvalue weighted by molar-refractivity contribution is 0.348. The Kier molecular flexibility index (Phi) is 5.08. The van der Waals surface area contributed by atoms with E-state index in [2.05, 4.69) is 37.4 Å². The average molecular weight is 266 g/mol. The summed E-state index contributed by atoms with van der Waals surface area (Å²) in [6.07, 6.45) is 5.13. The topological polar surface area (TPSA) is 12.0 Å². The molecular formula is C16H24ClN. The van der Waals surface area contributed by atoms with Gasteiger partial charge in [0.05, 0.1) is 0 Å². The van der Waals surface area contributed by atoms with Gasteiger partial charge in [0.25, 0.3) is 0 Å². The fraction of sp³-hybridized carbons (Fsp3) is 0.625. The highest BCUT2D eigenvalue weighted by atomic mass is 35.5. The van der Waals surface area contributed by atoms with E-state index < -0.39 is 0 Å². The molecule has 2 atom stereocenters. The van der Waals surface area contributed by atoms with E-state index in [1.54, 1.807) is 0 Å². The van der Waals surface area contributed by atoms with Crippen LogP contribution in [0.25, 0.3) is 0 Å². The van der Waals surface area contributed by atoms with Gasteiger partial charge in [-0.25, -0.2) is 0 Å². The van der Waals surface area contributed by atoms with Gasteiger partial charge in [0.1, 0.15) is 0 Å². The van der Waals surface area contributed by atoms with E-state index in [-0.39, 0.29) is 0 Å². The number of hydrogen-bond acceptors (Lipinski definition) is 1. The molecule has 18 heavy (non-hydrogen) atoms. The molecule has 1 aromatic rings. The van der Waals surface area contributed by atoms with Gasteiger partial charge in [0, 0.05) is 11.9 Å². The lowest BCUT2D eigenvalue weighted by Gasteiger charge is -2.27. The predicted octanol–water partition coefficient (Wildman–Crippen LogP) is 4.19. The molecule has 1 saturated carbocycles. The molecule has 0 heterocycles. The summed E-state index contributed by atoms with van der Waals surface area (Å²) in [5.41, 5.74) is 4.08. The Morgan fingerprint density at radius 1 is 1.11 bits per heavy atom. The summed E-state index contributed by atoms with van der Waals surface area (Å²) in [6.45, 7) is 6.34. The van der Waals surface area contributed by atoms with Crippen LogP contribution in [-0.4, -0.2) is 11.9 Å². The first kappa shape index (κ1) is 13.9. The molecule has 0 aromatic heterocycles. The van der Waals surface area contributed by atoms with E-state index in [4.69, 9.17) is 11.6 Å². The number of rotatable bonds is 4. The molecule has 0 aliphatic heterocycles. The van der Waals surface area contributed by atoms with E-state index in [0.717, 1.165) is 13.1 Å². The van der Waals surface area contributed by atoms with Crippen molar-refractivity contribution in [2.24, 2.45) is 5.92 Å². The summed E-state index contributed by atoms with van der Waals surface area (Å²) in [6, 6.07) is 6.75. The van der Waals surface area contributed by atoms with Crippen molar-refractivity contribution in [1.29, 1.82) is 0 Å². The Hall–Kier alpha value is -0.530. The molecule has 0 amide bonds. The van der Waals surface area contributed by atoms with Gasteiger partial charge < -0.3 is 5.32 Å². The Morgan fingerprint density at radius 3 is 2.44 bits per heavy atom. The number of hydrogen-bond donors (Lipinski definition) is 1. The summed E-state index contributed by atoms with van der Waals surface area (Å²) in [5, 5.41) is 3.95. The zero-order chi connectivity index (χ0) is 13.0. The van der Waals surface area contributed by atoms with Crippen molar-refractivity contribution in [2.45, 2.75) is 51.5 Å². The molecule has 100 valence electrons. The van der Waals surface area contributed by atoms with E-state index in [1.807, 2.05) is 0 Å². The zero-order valence-corrected chi connectivity index (χ0v) is 12.3. The van der Waals surface area contributed by atoms with Crippen LogP contribution in [0.5, 0.6) is 0 Å². The lowest BCUT2D eigenvalue weighted by atomic mass is 9.88. The summed E-state index contributed by atoms with van der Waals surface area (Å²) in [5.74, 6) is 0.659. The first-order valence-electron chi connectivity index (χ1n) is 7.07. The van der Waals surface area contributed by atoms with Crippen LogP contribution in [0.4, 0.5) is 0 Å². The molecule has 0 spiro atoms. The molecule has 1 aliphatic carbocycles. The minimum absolute atomic E-state index is 0.380. The third kappa shape index (κ3) is 4.00. The fourth-order valence-corrected chi connectivity index (χ4v) is 3.33. The van der Waals surface area contributed by atoms with E-state index in [9.17, 15) is 0 Å². The summed E-state index contributed by atoms with van der Waals surface area (Å²) >= 11 is 6.37. The van der Waals surface area contributed by atoms with Crippen LogP contribution >= 0.6 is 11.6 Å². The molecular weight excluding hydrogens is 242 g/mol. The Bertz CT molecular complexity index is 368. The van der Waals surface area contributed by atoms with Crippen LogP contribution < -0.4 is 5.32 Å². The second-order valence-corrected chi connectivity index (χ2v) is 6.25. The summed E-state index contributed by atoms with van der Waals surface area (Å²) < 4.78 is 0. The maximum absolute atomic E-state index is 6.37. The molecule has 1 fully saturated rings. The SMILES string of the molecule is Cc1cc(C)cc(CNCC2CCCCC2Cl)c1. The van der Waals surface area contributed by atoms with Crippen molar-refractivity contribution >= 4 is 11.6 Å². The third-order valence-corrected chi connectivity index (χ3v) is 4.41. The van der Waals surface area contributed by atoms with Gasteiger partial charge in [-0.2, -0.15) is 0 Å². The second-order valence-electron chi connectivity index (χ2n) is 5.69. The molecule has 1 N–H and O–H groups in total. The highest BCUT2D eigenvalue weighted by Crippen LogP contribution is 2.28. The minimum Gasteiger partial charge on any atom is -0.312 e. The second kappa shape index (κ2) is 6.58. The molecule has 2 rings (SSSR count). The number of benzene rings is 1. The summed E-state index contributed by atoms with van der Waals surface area (Å²) in [7, 11) is 0. The van der Waals surface area contributed by atoms with Gasteiger partial charge in [-0.15, -0.1) is 11.6 Å². The van der Waals surface area contributed by atoms with Crippen LogP contribution in [-0.2, 0) is 6.54 Å². The molecule has 2 heteroatoms. The van der Waals surface area contributed by atoms with Crippen LogP contribution in [0.15, 0.2) is 18.2 Å². The molecule has 0 radical (unpaired) electrons. The third-order valence-electron chi connectivity index (χ3n) is 3.83. The van der Waals surface area contributed by atoms with Crippen molar-refractivity contribution in [3.05, 3.63) is 34.9 Å². The van der Waals surface area contributed by atoms with Gasteiger partial charge in [-0.3, -0.25) is 0 Å². The first-order valence-corrected chi connectivity index (χ1v) is 7.51. The summed E-state index contributed by atoms with van der Waals surface area (Å²) in [4.78, 5) is 0. The molecule has 0 saturated heterocycles. The number of nitrogens with one attached hydrogen (secondary N) is 1. The van der Waals surface area contributed by atoms with Gasteiger partial charge in [0.15, 0.2) is 0 Å². The van der Waals surface area contributed by atoms with Gasteiger partial charge in [-0.05, 0) is 44.7 Å². The van der Waals surface area contributed by atoms with Gasteiger partial charge in [0.2, 0.25) is 0 Å². The molecule has 1 nitrogen and oxygen atoms in total. The molecule has 1 aromatic carbocycles. The molecule has 0 bridgehead atoms. The Labute approximate surface area is 116 Å². The normalized spacial score (nSPS) is 24.2. The van der Waals surface area contributed by atoms with Crippen molar-refractivity contribution in [3.8, 4) is 0 Å². The molecule has 2 unspecified atom stereocenters. The fourth-order valence-electron chi connectivity index (χ4n) is 2.97. The van der Waals surface area contributed by atoms with Crippen LogP contribution in [0.2, 0.25) is 0 Å². The van der Waals surface area contributed by atoms with Crippen molar-refractivity contribution in [3.63, 3.8) is 0 Å². The average Bonchev–Trinajstić information content (AvgIpc) is 2.30. The van der Waals surface area contributed by atoms with Gasteiger partial charge >= 0.3 is 0 Å². The monoisotopic (exact) mass is 265 g/mol. The van der Waals surface area contributed by atoms with E-state index in [1.165, 1.54) is 42.4 Å². The minimum atomic E-state index is 0.380. The van der Waals surface area contributed by atoms with Crippen LogP contribution in [0, 0.1) is 19.8 Å². The first-order chi connectivity index (χ1) is 8.65. The number of alkyl halides is 1. The van der Waals surface area contributed by atoms with E-state index in [0.29, 0.717) is 11.3 Å². The predicted molar refractivity (Wildman–Crippen MR) is 79.2 cm³/mol. The highest BCUT2D eigenvalue weighted by Gasteiger charge is 2.22. The van der Waals surface area contributed by atoms with Crippen LogP contribution in [0.3, 0.4) is 0 Å². The Morgan fingerprint density at radius 2 is 1.78 bits per heavy atom. The zero-order valence-electron chi connectivity index (χ0n) is 11.5. The van der Waals surface area contributed by atoms with Crippen molar-refractivity contribution in [1.82, 2.24) is 5.32 Å². The van der Waals surface area contributed by atoms with Crippen LogP contribution in [0.1, 0.15) is 42.4 Å². The highest BCUT2D eigenvalue weighted by molar-refractivity contribution is 6.20. The largest absolute Gasteiger partial charge is 0.312 e. The van der Waals surface area contributed by atoms with Gasteiger partial charge in [-0.1, -0.05) is 42.2 Å². The van der Waals surface area contributed by atoms with Crippen molar-refractivity contribution < 1.29 is 0 Å². The number of aryl methyl sites for hydroxylation is 2. The molecule has 1 aliphatic rings.